The highest BCUT2D eigenvalue weighted by molar-refractivity contribution is 5.96. The van der Waals surface area contributed by atoms with Gasteiger partial charge in [-0.15, -0.1) is 0 Å². The van der Waals surface area contributed by atoms with Gasteiger partial charge < -0.3 is 15.8 Å². The first kappa shape index (κ1) is 14.0. The van der Waals surface area contributed by atoms with Gasteiger partial charge in [-0.25, -0.2) is 0 Å². The van der Waals surface area contributed by atoms with Crippen molar-refractivity contribution in [2.24, 2.45) is 5.73 Å². The Labute approximate surface area is 114 Å². The zero-order chi connectivity index (χ0) is 14.0. The number of carbonyl (C=O) groups is 1. The Morgan fingerprint density at radius 3 is 2.84 bits per heavy atom. The number of amides is 1. The van der Waals surface area contributed by atoms with Crippen LogP contribution in [-0.4, -0.2) is 30.7 Å². The lowest BCUT2D eigenvalue weighted by atomic mass is 9.83. The smallest absolute Gasteiger partial charge is 0.251 e. The van der Waals surface area contributed by atoms with Gasteiger partial charge in [0, 0.05) is 18.2 Å². The van der Waals surface area contributed by atoms with Crippen LogP contribution in [0.25, 0.3) is 0 Å². The van der Waals surface area contributed by atoms with E-state index in [0.29, 0.717) is 12.2 Å². The van der Waals surface area contributed by atoms with Crippen molar-refractivity contribution >= 4 is 5.91 Å². The van der Waals surface area contributed by atoms with E-state index in [1.54, 1.807) is 0 Å². The normalized spacial score (nSPS) is 25.8. The third-order valence-corrected chi connectivity index (χ3v) is 3.68. The van der Waals surface area contributed by atoms with Crippen molar-refractivity contribution in [3.63, 3.8) is 0 Å². The topological polar surface area (TPSA) is 64.3 Å². The van der Waals surface area contributed by atoms with Gasteiger partial charge in [-0.1, -0.05) is 17.7 Å². The Kier molecular flexibility index (Phi) is 4.22. The molecule has 0 aliphatic heterocycles. The Bertz CT molecular complexity index is 471. The summed E-state index contributed by atoms with van der Waals surface area (Å²) in [4.78, 5) is 12.3. The standard InChI is InChI=1S/C15H22N2O2/c1-4-19-13-8-12(16)14(13)17-15(18)11-7-9(2)5-6-10(11)3/h5-7,12-14H,4,8,16H2,1-3H3,(H,17,18). The second-order valence-corrected chi connectivity index (χ2v) is 5.21. The predicted octanol–water partition coefficient (Wildman–Crippen LogP) is 1.54. The minimum absolute atomic E-state index is 0.00869. The molecule has 0 bridgehead atoms. The van der Waals surface area contributed by atoms with E-state index in [-0.39, 0.29) is 24.1 Å². The molecule has 3 unspecified atom stereocenters. The second-order valence-electron chi connectivity index (χ2n) is 5.21. The molecule has 0 aromatic heterocycles. The van der Waals surface area contributed by atoms with Gasteiger partial charge in [-0.2, -0.15) is 0 Å². The van der Waals surface area contributed by atoms with Gasteiger partial charge in [0.1, 0.15) is 0 Å². The number of benzene rings is 1. The van der Waals surface area contributed by atoms with Crippen LogP contribution in [0, 0.1) is 13.8 Å². The lowest BCUT2D eigenvalue weighted by Crippen LogP contribution is -2.64. The molecule has 1 fully saturated rings. The minimum atomic E-state index is -0.0765. The highest BCUT2D eigenvalue weighted by Crippen LogP contribution is 2.23. The molecule has 104 valence electrons. The van der Waals surface area contributed by atoms with Gasteiger partial charge in [0.2, 0.25) is 0 Å². The molecule has 0 heterocycles. The molecule has 0 saturated heterocycles. The lowest BCUT2D eigenvalue weighted by molar-refractivity contribution is -0.0300. The van der Waals surface area contributed by atoms with Crippen LogP contribution in [-0.2, 0) is 4.74 Å². The summed E-state index contributed by atoms with van der Waals surface area (Å²) in [5.74, 6) is -0.0638. The van der Waals surface area contributed by atoms with E-state index in [2.05, 4.69) is 5.32 Å². The molecule has 3 atom stereocenters. The highest BCUT2D eigenvalue weighted by atomic mass is 16.5. The fourth-order valence-corrected chi connectivity index (χ4v) is 2.44. The largest absolute Gasteiger partial charge is 0.376 e. The number of hydrogen-bond acceptors (Lipinski definition) is 3. The lowest BCUT2D eigenvalue weighted by Gasteiger charge is -2.42. The number of rotatable bonds is 4. The molecule has 1 aliphatic carbocycles. The monoisotopic (exact) mass is 262 g/mol. The number of carbonyl (C=O) groups excluding carboxylic acids is 1. The van der Waals surface area contributed by atoms with Crippen molar-refractivity contribution in [3.8, 4) is 0 Å². The summed E-state index contributed by atoms with van der Waals surface area (Å²) in [5, 5.41) is 3.00. The SMILES string of the molecule is CCOC1CC(N)C1NC(=O)c1cc(C)ccc1C. The van der Waals surface area contributed by atoms with E-state index in [1.165, 1.54) is 0 Å². The van der Waals surface area contributed by atoms with Crippen molar-refractivity contribution in [2.45, 2.75) is 45.4 Å². The molecule has 3 N–H and O–H groups in total. The second kappa shape index (κ2) is 5.72. The van der Waals surface area contributed by atoms with E-state index < -0.39 is 0 Å². The summed E-state index contributed by atoms with van der Waals surface area (Å²) in [6.45, 7) is 6.52. The molecule has 1 aromatic carbocycles. The predicted molar refractivity (Wildman–Crippen MR) is 75.2 cm³/mol. The average molecular weight is 262 g/mol. The summed E-state index contributed by atoms with van der Waals surface area (Å²) in [7, 11) is 0. The zero-order valence-corrected chi connectivity index (χ0v) is 11.8. The minimum Gasteiger partial charge on any atom is -0.376 e. The fourth-order valence-electron chi connectivity index (χ4n) is 2.44. The van der Waals surface area contributed by atoms with Crippen molar-refractivity contribution in [1.82, 2.24) is 5.32 Å². The fraction of sp³-hybridized carbons (Fsp3) is 0.533. The van der Waals surface area contributed by atoms with E-state index in [0.717, 1.165) is 17.5 Å². The molecule has 1 saturated carbocycles. The molecular weight excluding hydrogens is 240 g/mol. The Morgan fingerprint density at radius 1 is 1.47 bits per heavy atom. The van der Waals surface area contributed by atoms with Gasteiger partial charge in [0.25, 0.3) is 5.91 Å². The molecule has 1 aliphatic rings. The molecule has 4 nitrogen and oxygen atoms in total. The third kappa shape index (κ3) is 2.96. The van der Waals surface area contributed by atoms with Crippen LogP contribution in [0.15, 0.2) is 18.2 Å². The molecule has 1 amide bonds. The van der Waals surface area contributed by atoms with E-state index >= 15 is 0 Å². The van der Waals surface area contributed by atoms with Crippen LogP contribution in [0.3, 0.4) is 0 Å². The molecular formula is C15H22N2O2. The first-order valence-electron chi connectivity index (χ1n) is 6.78. The first-order valence-corrected chi connectivity index (χ1v) is 6.78. The first-order chi connectivity index (χ1) is 9.02. The molecule has 0 radical (unpaired) electrons. The maximum absolute atomic E-state index is 12.3. The van der Waals surface area contributed by atoms with E-state index in [1.807, 2.05) is 39.0 Å². The maximum Gasteiger partial charge on any atom is 0.251 e. The summed E-state index contributed by atoms with van der Waals surface area (Å²) < 4.78 is 5.56. The van der Waals surface area contributed by atoms with Crippen LogP contribution in [0.2, 0.25) is 0 Å². The van der Waals surface area contributed by atoms with Crippen molar-refractivity contribution < 1.29 is 9.53 Å². The third-order valence-electron chi connectivity index (χ3n) is 3.68. The molecule has 19 heavy (non-hydrogen) atoms. The van der Waals surface area contributed by atoms with Crippen LogP contribution in [0.4, 0.5) is 0 Å². The van der Waals surface area contributed by atoms with E-state index in [4.69, 9.17) is 10.5 Å². The number of nitrogens with two attached hydrogens (primary N) is 1. The van der Waals surface area contributed by atoms with Crippen molar-refractivity contribution in [3.05, 3.63) is 34.9 Å². The number of aryl methyl sites for hydroxylation is 2. The van der Waals surface area contributed by atoms with Crippen molar-refractivity contribution in [2.75, 3.05) is 6.61 Å². The zero-order valence-electron chi connectivity index (χ0n) is 11.8. The Hall–Kier alpha value is -1.39. The number of ether oxygens (including phenoxy) is 1. The summed E-state index contributed by atoms with van der Waals surface area (Å²) in [6.07, 6.45) is 0.861. The van der Waals surface area contributed by atoms with Gasteiger partial charge in [-0.05, 0) is 38.8 Å². The molecule has 2 rings (SSSR count). The Morgan fingerprint density at radius 2 is 2.21 bits per heavy atom. The van der Waals surface area contributed by atoms with E-state index in [9.17, 15) is 4.79 Å². The highest BCUT2D eigenvalue weighted by Gasteiger charge is 2.40. The van der Waals surface area contributed by atoms with Gasteiger partial charge >= 0.3 is 0 Å². The quantitative estimate of drug-likeness (QED) is 0.865. The van der Waals surface area contributed by atoms with Gasteiger partial charge in [0.15, 0.2) is 0 Å². The number of hydrogen-bond donors (Lipinski definition) is 2. The van der Waals surface area contributed by atoms with Crippen LogP contribution < -0.4 is 11.1 Å². The van der Waals surface area contributed by atoms with Gasteiger partial charge in [-0.3, -0.25) is 4.79 Å². The molecule has 0 spiro atoms. The van der Waals surface area contributed by atoms with Crippen LogP contribution in [0.5, 0.6) is 0 Å². The van der Waals surface area contributed by atoms with Crippen molar-refractivity contribution in [1.29, 1.82) is 0 Å². The van der Waals surface area contributed by atoms with Crippen LogP contribution >= 0.6 is 0 Å². The van der Waals surface area contributed by atoms with Crippen LogP contribution in [0.1, 0.15) is 34.8 Å². The summed E-state index contributed by atoms with van der Waals surface area (Å²) >= 11 is 0. The molecule has 1 aromatic rings. The summed E-state index contributed by atoms with van der Waals surface area (Å²) in [6, 6.07) is 5.79. The molecule has 4 heteroatoms. The maximum atomic E-state index is 12.3. The number of nitrogens with one attached hydrogen (secondary N) is 1. The van der Waals surface area contributed by atoms with Gasteiger partial charge in [0.05, 0.1) is 12.1 Å². The Balaban J connectivity index is 2.06. The summed E-state index contributed by atoms with van der Waals surface area (Å²) in [5.41, 5.74) is 8.71. The average Bonchev–Trinajstić information content (AvgIpc) is 2.38.